The second-order valence-electron chi connectivity index (χ2n) is 6.55. The normalized spacial score (nSPS) is 24.9. The topological polar surface area (TPSA) is 54.3 Å². The van der Waals surface area contributed by atoms with E-state index in [2.05, 4.69) is 10.6 Å². The van der Waals surface area contributed by atoms with Crippen molar-refractivity contribution >= 4 is 5.91 Å². The van der Waals surface area contributed by atoms with Crippen molar-refractivity contribution < 1.29 is 9.21 Å². The molecule has 1 aromatic rings. The number of hydrogen-bond donors (Lipinski definition) is 2. The number of furan rings is 1. The van der Waals surface area contributed by atoms with Crippen molar-refractivity contribution in [2.75, 3.05) is 6.54 Å². The molecule has 1 amide bonds. The van der Waals surface area contributed by atoms with Crippen molar-refractivity contribution in [3.05, 3.63) is 23.7 Å². The van der Waals surface area contributed by atoms with Crippen molar-refractivity contribution in [1.29, 1.82) is 0 Å². The third-order valence-electron chi connectivity index (χ3n) is 5.01. The van der Waals surface area contributed by atoms with E-state index in [9.17, 15) is 4.79 Å². The van der Waals surface area contributed by atoms with E-state index in [0.29, 0.717) is 5.76 Å². The molecule has 1 aliphatic heterocycles. The minimum absolute atomic E-state index is 0.0624. The Balaban J connectivity index is 1.60. The molecule has 3 rings (SSSR count). The average molecular weight is 290 g/mol. The van der Waals surface area contributed by atoms with Gasteiger partial charge in [0.2, 0.25) is 0 Å². The van der Waals surface area contributed by atoms with Crippen molar-refractivity contribution in [1.82, 2.24) is 10.6 Å². The third kappa shape index (κ3) is 3.31. The smallest absolute Gasteiger partial charge is 0.287 e. The summed E-state index contributed by atoms with van der Waals surface area (Å²) in [5.41, 5.74) is 0.270. The molecule has 116 valence electrons. The van der Waals surface area contributed by atoms with Crippen LogP contribution in [0.2, 0.25) is 0 Å². The van der Waals surface area contributed by atoms with Crippen LogP contribution in [0.3, 0.4) is 0 Å². The maximum absolute atomic E-state index is 12.3. The first-order chi connectivity index (χ1) is 10.2. The van der Waals surface area contributed by atoms with Crippen LogP contribution in [-0.2, 0) is 6.42 Å². The number of carbonyl (C=O) groups is 1. The Hall–Kier alpha value is -1.29. The van der Waals surface area contributed by atoms with Gasteiger partial charge in [-0.1, -0.05) is 26.2 Å². The van der Waals surface area contributed by atoms with Crippen LogP contribution < -0.4 is 10.6 Å². The van der Waals surface area contributed by atoms with Crippen molar-refractivity contribution in [2.45, 2.75) is 69.9 Å². The first kappa shape index (κ1) is 14.6. The summed E-state index contributed by atoms with van der Waals surface area (Å²) < 4.78 is 5.55. The molecule has 0 bridgehead atoms. The summed E-state index contributed by atoms with van der Waals surface area (Å²) in [6.07, 6.45) is 9.36. The zero-order valence-corrected chi connectivity index (χ0v) is 12.9. The zero-order valence-electron chi connectivity index (χ0n) is 12.9. The fourth-order valence-corrected chi connectivity index (χ4v) is 3.84. The monoisotopic (exact) mass is 290 g/mol. The molecule has 0 aromatic carbocycles. The van der Waals surface area contributed by atoms with E-state index in [-0.39, 0.29) is 17.5 Å². The van der Waals surface area contributed by atoms with Crippen LogP contribution in [0, 0.1) is 0 Å². The Labute approximate surface area is 126 Å². The van der Waals surface area contributed by atoms with Crippen LogP contribution in [0.4, 0.5) is 0 Å². The van der Waals surface area contributed by atoms with E-state index >= 15 is 0 Å². The van der Waals surface area contributed by atoms with Gasteiger partial charge in [0.05, 0.1) is 0 Å². The summed E-state index contributed by atoms with van der Waals surface area (Å²) in [5, 5.41) is 6.89. The SMILES string of the molecule is CCc1ccc(C(=O)NC2CCNC3(CCCCC3)C2)o1. The lowest BCUT2D eigenvalue weighted by atomic mass is 9.75. The highest BCUT2D eigenvalue weighted by Crippen LogP contribution is 2.34. The van der Waals surface area contributed by atoms with Gasteiger partial charge in [0.1, 0.15) is 5.76 Å². The lowest BCUT2D eigenvalue weighted by molar-refractivity contribution is 0.0863. The quantitative estimate of drug-likeness (QED) is 0.899. The van der Waals surface area contributed by atoms with Gasteiger partial charge >= 0.3 is 0 Å². The van der Waals surface area contributed by atoms with E-state index in [0.717, 1.165) is 31.6 Å². The molecule has 4 heteroatoms. The maximum Gasteiger partial charge on any atom is 0.287 e. The lowest BCUT2D eigenvalue weighted by Gasteiger charge is -2.44. The number of carbonyl (C=O) groups excluding carboxylic acids is 1. The first-order valence-corrected chi connectivity index (χ1v) is 8.35. The molecule has 1 atom stereocenters. The largest absolute Gasteiger partial charge is 0.456 e. The lowest BCUT2D eigenvalue weighted by Crippen LogP contribution is -2.57. The number of nitrogens with one attached hydrogen (secondary N) is 2. The highest BCUT2D eigenvalue weighted by Gasteiger charge is 2.37. The molecular formula is C17H26N2O2. The van der Waals surface area contributed by atoms with E-state index in [1.54, 1.807) is 6.07 Å². The van der Waals surface area contributed by atoms with Crippen LogP contribution in [-0.4, -0.2) is 24.0 Å². The van der Waals surface area contributed by atoms with E-state index < -0.39 is 0 Å². The molecule has 1 spiro atoms. The number of amides is 1. The highest BCUT2D eigenvalue weighted by atomic mass is 16.3. The maximum atomic E-state index is 12.3. The molecule has 1 aliphatic carbocycles. The summed E-state index contributed by atoms with van der Waals surface area (Å²) in [4.78, 5) is 12.3. The molecule has 1 saturated carbocycles. The van der Waals surface area contributed by atoms with Crippen LogP contribution in [0.15, 0.2) is 16.5 Å². The van der Waals surface area contributed by atoms with Crippen LogP contribution in [0.1, 0.15) is 68.2 Å². The summed E-state index contributed by atoms with van der Waals surface area (Å²) in [6, 6.07) is 3.94. The molecule has 2 aliphatic rings. The molecule has 1 saturated heterocycles. The highest BCUT2D eigenvalue weighted by molar-refractivity contribution is 5.91. The second kappa shape index (κ2) is 6.22. The van der Waals surface area contributed by atoms with Gasteiger partial charge in [-0.05, 0) is 44.4 Å². The van der Waals surface area contributed by atoms with E-state index in [1.807, 2.05) is 13.0 Å². The first-order valence-electron chi connectivity index (χ1n) is 8.35. The average Bonchev–Trinajstić information content (AvgIpc) is 2.97. The fraction of sp³-hybridized carbons (Fsp3) is 0.706. The molecule has 4 nitrogen and oxygen atoms in total. The van der Waals surface area contributed by atoms with Gasteiger partial charge in [0.25, 0.3) is 5.91 Å². The van der Waals surface area contributed by atoms with E-state index in [4.69, 9.17) is 4.42 Å². The number of hydrogen-bond acceptors (Lipinski definition) is 3. The number of aryl methyl sites for hydroxylation is 1. The Morgan fingerprint density at radius 3 is 2.90 bits per heavy atom. The Bertz CT molecular complexity index is 483. The van der Waals surface area contributed by atoms with Gasteiger partial charge in [0, 0.05) is 18.0 Å². The van der Waals surface area contributed by atoms with Gasteiger partial charge < -0.3 is 15.1 Å². The third-order valence-corrected chi connectivity index (χ3v) is 5.01. The summed E-state index contributed by atoms with van der Waals surface area (Å²) in [6.45, 7) is 3.03. The second-order valence-corrected chi connectivity index (χ2v) is 6.55. The standard InChI is InChI=1S/C17H26N2O2/c1-2-14-6-7-15(21-14)16(20)19-13-8-11-18-17(12-13)9-4-3-5-10-17/h6-7,13,18H,2-5,8-12H2,1H3,(H,19,20). The van der Waals surface area contributed by atoms with Crippen molar-refractivity contribution in [3.63, 3.8) is 0 Å². The molecule has 2 heterocycles. The minimum Gasteiger partial charge on any atom is -0.456 e. The van der Waals surface area contributed by atoms with Gasteiger partial charge in [-0.2, -0.15) is 0 Å². The van der Waals surface area contributed by atoms with E-state index in [1.165, 1.54) is 32.1 Å². The zero-order chi connectivity index (χ0) is 14.7. The molecular weight excluding hydrogens is 264 g/mol. The number of rotatable bonds is 3. The molecule has 0 radical (unpaired) electrons. The van der Waals surface area contributed by atoms with Gasteiger partial charge in [-0.3, -0.25) is 4.79 Å². The van der Waals surface area contributed by atoms with Crippen LogP contribution in [0.5, 0.6) is 0 Å². The Morgan fingerprint density at radius 2 is 2.19 bits per heavy atom. The van der Waals surface area contributed by atoms with Gasteiger partial charge in [-0.25, -0.2) is 0 Å². The summed E-state index contributed by atoms with van der Waals surface area (Å²) in [5.74, 6) is 1.25. The summed E-state index contributed by atoms with van der Waals surface area (Å²) in [7, 11) is 0. The van der Waals surface area contributed by atoms with Crippen molar-refractivity contribution in [2.24, 2.45) is 0 Å². The van der Waals surface area contributed by atoms with Crippen LogP contribution in [0.25, 0.3) is 0 Å². The predicted molar refractivity (Wildman–Crippen MR) is 82.4 cm³/mol. The summed E-state index contributed by atoms with van der Waals surface area (Å²) >= 11 is 0. The van der Waals surface area contributed by atoms with Crippen LogP contribution >= 0.6 is 0 Å². The minimum atomic E-state index is -0.0624. The van der Waals surface area contributed by atoms with Gasteiger partial charge in [0.15, 0.2) is 5.76 Å². The Kier molecular flexibility index (Phi) is 4.34. The molecule has 2 N–H and O–H groups in total. The molecule has 2 fully saturated rings. The number of piperidine rings is 1. The Morgan fingerprint density at radius 1 is 1.38 bits per heavy atom. The fourth-order valence-electron chi connectivity index (χ4n) is 3.84. The van der Waals surface area contributed by atoms with Gasteiger partial charge in [-0.15, -0.1) is 0 Å². The molecule has 1 unspecified atom stereocenters. The molecule has 1 aromatic heterocycles. The predicted octanol–water partition coefficient (Wildman–Crippen LogP) is 3.03. The molecule has 21 heavy (non-hydrogen) atoms. The van der Waals surface area contributed by atoms with Crippen molar-refractivity contribution in [3.8, 4) is 0 Å².